The standard InChI is InChI=1S/C18H24ClN5O/c1-13(2)12-25-17-16(19)9-14(10-23-17)11-24-18(20)22-8-6-15-5-3-4-7-21-15/h3-5,7,9-10,13H,6,8,11-12H2,1-2H3,(H3,20,22,24). The summed E-state index contributed by atoms with van der Waals surface area (Å²) in [5.74, 6) is 1.25. The lowest BCUT2D eigenvalue weighted by Crippen LogP contribution is -2.33. The lowest BCUT2D eigenvalue weighted by atomic mass is 10.2. The number of pyridine rings is 2. The highest BCUT2D eigenvalue weighted by atomic mass is 35.5. The molecule has 2 heterocycles. The van der Waals surface area contributed by atoms with Crippen molar-refractivity contribution in [2.45, 2.75) is 26.8 Å². The van der Waals surface area contributed by atoms with Crippen LogP contribution in [0.4, 0.5) is 0 Å². The molecule has 0 fully saturated rings. The van der Waals surface area contributed by atoms with Crippen LogP contribution in [0.1, 0.15) is 25.1 Å². The lowest BCUT2D eigenvalue weighted by Gasteiger charge is -2.10. The average molecular weight is 362 g/mol. The van der Waals surface area contributed by atoms with Crippen molar-refractivity contribution in [2.24, 2.45) is 16.6 Å². The molecule has 0 aromatic carbocycles. The van der Waals surface area contributed by atoms with Gasteiger partial charge in [-0.05, 0) is 29.7 Å². The van der Waals surface area contributed by atoms with E-state index in [1.54, 1.807) is 18.5 Å². The van der Waals surface area contributed by atoms with Crippen molar-refractivity contribution in [1.82, 2.24) is 15.3 Å². The van der Waals surface area contributed by atoms with E-state index in [2.05, 4.69) is 34.1 Å². The fourth-order valence-corrected chi connectivity index (χ4v) is 2.24. The molecule has 25 heavy (non-hydrogen) atoms. The first-order valence-corrected chi connectivity index (χ1v) is 8.63. The third-order valence-corrected chi connectivity index (χ3v) is 3.53. The van der Waals surface area contributed by atoms with Crippen LogP contribution < -0.4 is 15.8 Å². The molecule has 0 aliphatic rings. The molecule has 0 radical (unpaired) electrons. The van der Waals surface area contributed by atoms with E-state index in [9.17, 15) is 0 Å². The second kappa shape index (κ2) is 9.84. The molecule has 134 valence electrons. The fraction of sp³-hybridized carbons (Fsp3) is 0.389. The molecule has 6 nitrogen and oxygen atoms in total. The van der Waals surface area contributed by atoms with E-state index < -0.39 is 0 Å². The van der Waals surface area contributed by atoms with Crippen LogP contribution in [-0.2, 0) is 13.0 Å². The Labute approximate surface area is 153 Å². The number of aliphatic imine (C=N–C) groups is 1. The molecule has 0 unspecified atom stereocenters. The first-order valence-electron chi connectivity index (χ1n) is 8.25. The summed E-state index contributed by atoms with van der Waals surface area (Å²) in [7, 11) is 0. The van der Waals surface area contributed by atoms with Crippen molar-refractivity contribution in [3.63, 3.8) is 0 Å². The minimum atomic E-state index is 0.382. The number of hydrogen-bond donors (Lipinski definition) is 2. The monoisotopic (exact) mass is 361 g/mol. The molecule has 7 heteroatoms. The largest absolute Gasteiger partial charge is 0.476 e. The number of guanidine groups is 1. The summed E-state index contributed by atoms with van der Waals surface area (Å²) in [6.45, 7) is 5.80. The number of hydrogen-bond acceptors (Lipinski definition) is 4. The van der Waals surface area contributed by atoms with Crippen LogP contribution in [0, 0.1) is 5.92 Å². The number of nitrogens with two attached hydrogens (primary N) is 1. The maximum atomic E-state index is 6.19. The van der Waals surface area contributed by atoms with E-state index in [1.807, 2.05) is 18.2 Å². The van der Waals surface area contributed by atoms with Gasteiger partial charge in [-0.3, -0.25) is 4.98 Å². The third kappa shape index (κ3) is 6.97. The molecule has 0 bridgehead atoms. The second-order valence-electron chi connectivity index (χ2n) is 6.03. The summed E-state index contributed by atoms with van der Waals surface area (Å²) in [6.07, 6.45) is 4.26. The molecule has 2 aromatic rings. The van der Waals surface area contributed by atoms with Gasteiger partial charge in [0.15, 0.2) is 5.96 Å². The maximum Gasteiger partial charge on any atom is 0.232 e. The molecule has 0 spiro atoms. The number of nitrogens with one attached hydrogen (secondary N) is 1. The summed E-state index contributed by atoms with van der Waals surface area (Å²) in [4.78, 5) is 12.8. The van der Waals surface area contributed by atoms with Gasteiger partial charge >= 0.3 is 0 Å². The first kappa shape index (κ1) is 19.0. The molecule has 3 N–H and O–H groups in total. The van der Waals surface area contributed by atoms with Gasteiger partial charge in [0.1, 0.15) is 5.02 Å². The summed E-state index contributed by atoms with van der Waals surface area (Å²) < 4.78 is 5.55. The number of ether oxygens (including phenoxy) is 1. The molecular formula is C18H24ClN5O. The number of rotatable bonds is 8. The Hall–Kier alpha value is -2.34. The van der Waals surface area contributed by atoms with Crippen LogP contribution in [0.2, 0.25) is 5.02 Å². The minimum absolute atomic E-state index is 0.382. The Morgan fingerprint density at radius 3 is 2.88 bits per heavy atom. The van der Waals surface area contributed by atoms with E-state index in [1.165, 1.54) is 0 Å². The van der Waals surface area contributed by atoms with Crippen molar-refractivity contribution in [2.75, 3.05) is 13.2 Å². The topological polar surface area (TPSA) is 85.4 Å². The molecule has 0 aliphatic heterocycles. The number of halogens is 1. The molecule has 0 amide bonds. The normalized spacial score (nSPS) is 11.6. The zero-order valence-corrected chi connectivity index (χ0v) is 15.3. The quantitative estimate of drug-likeness (QED) is 0.557. The van der Waals surface area contributed by atoms with Gasteiger partial charge in [0, 0.05) is 31.1 Å². The fourth-order valence-electron chi connectivity index (χ4n) is 2.00. The molecule has 2 rings (SSSR count). The maximum absolute atomic E-state index is 6.19. The van der Waals surface area contributed by atoms with E-state index >= 15 is 0 Å². The number of aromatic nitrogens is 2. The average Bonchev–Trinajstić information content (AvgIpc) is 2.60. The highest BCUT2D eigenvalue weighted by Crippen LogP contribution is 2.23. The van der Waals surface area contributed by atoms with E-state index in [0.29, 0.717) is 42.5 Å². The van der Waals surface area contributed by atoms with Crippen LogP contribution in [-0.4, -0.2) is 29.1 Å². The minimum Gasteiger partial charge on any atom is -0.476 e. The highest BCUT2D eigenvalue weighted by molar-refractivity contribution is 6.31. The van der Waals surface area contributed by atoms with Gasteiger partial charge in [0.25, 0.3) is 0 Å². The molecule has 0 atom stereocenters. The van der Waals surface area contributed by atoms with E-state index in [-0.39, 0.29) is 0 Å². The Morgan fingerprint density at radius 2 is 2.20 bits per heavy atom. The van der Waals surface area contributed by atoms with Crippen LogP contribution in [0.5, 0.6) is 5.88 Å². The Bertz CT molecular complexity index is 691. The number of nitrogens with zero attached hydrogens (tertiary/aromatic N) is 3. The second-order valence-corrected chi connectivity index (χ2v) is 6.44. The smallest absolute Gasteiger partial charge is 0.232 e. The van der Waals surface area contributed by atoms with Crippen molar-refractivity contribution in [3.8, 4) is 5.88 Å². The van der Waals surface area contributed by atoms with Gasteiger partial charge < -0.3 is 15.8 Å². The molecular weight excluding hydrogens is 338 g/mol. The summed E-state index contributed by atoms with van der Waals surface area (Å²) in [5, 5.41) is 3.55. The van der Waals surface area contributed by atoms with E-state index in [0.717, 1.165) is 17.7 Å². The molecule has 2 aromatic heterocycles. The van der Waals surface area contributed by atoms with Crippen LogP contribution >= 0.6 is 11.6 Å². The van der Waals surface area contributed by atoms with Crippen LogP contribution in [0.15, 0.2) is 41.7 Å². The van der Waals surface area contributed by atoms with Gasteiger partial charge in [-0.25, -0.2) is 9.98 Å². The predicted octanol–water partition coefficient (Wildman–Crippen LogP) is 2.81. The van der Waals surface area contributed by atoms with Gasteiger partial charge in [-0.1, -0.05) is 31.5 Å². The Balaban J connectivity index is 1.80. The Kier molecular flexibility index (Phi) is 7.47. The first-order chi connectivity index (χ1) is 12.0. The predicted molar refractivity (Wildman–Crippen MR) is 101 cm³/mol. The van der Waals surface area contributed by atoms with E-state index in [4.69, 9.17) is 22.1 Å². The van der Waals surface area contributed by atoms with Crippen molar-refractivity contribution >= 4 is 17.6 Å². The Morgan fingerprint density at radius 1 is 1.36 bits per heavy atom. The summed E-state index contributed by atoms with van der Waals surface area (Å²) in [5.41, 5.74) is 7.76. The van der Waals surface area contributed by atoms with Crippen molar-refractivity contribution < 1.29 is 4.74 Å². The van der Waals surface area contributed by atoms with Gasteiger partial charge in [0.2, 0.25) is 5.88 Å². The van der Waals surface area contributed by atoms with Crippen LogP contribution in [0.3, 0.4) is 0 Å². The summed E-state index contributed by atoms with van der Waals surface area (Å²) in [6, 6.07) is 7.64. The lowest BCUT2D eigenvalue weighted by molar-refractivity contribution is 0.261. The SMILES string of the molecule is CC(C)COc1ncc(CN=C(N)NCCc2ccccn2)cc1Cl. The zero-order valence-electron chi connectivity index (χ0n) is 14.6. The zero-order chi connectivity index (χ0) is 18.1. The highest BCUT2D eigenvalue weighted by Gasteiger charge is 2.06. The van der Waals surface area contributed by atoms with Gasteiger partial charge in [-0.2, -0.15) is 0 Å². The summed E-state index contributed by atoms with van der Waals surface area (Å²) >= 11 is 6.19. The van der Waals surface area contributed by atoms with Gasteiger partial charge in [-0.15, -0.1) is 0 Å². The van der Waals surface area contributed by atoms with Crippen molar-refractivity contribution in [1.29, 1.82) is 0 Å². The van der Waals surface area contributed by atoms with Crippen molar-refractivity contribution in [3.05, 3.63) is 52.9 Å². The van der Waals surface area contributed by atoms with Gasteiger partial charge in [0.05, 0.1) is 13.2 Å². The molecule has 0 saturated heterocycles. The molecule has 0 saturated carbocycles. The molecule has 0 aliphatic carbocycles. The van der Waals surface area contributed by atoms with Crippen LogP contribution in [0.25, 0.3) is 0 Å². The third-order valence-electron chi connectivity index (χ3n) is 3.26.